The third kappa shape index (κ3) is 2.11. The van der Waals surface area contributed by atoms with E-state index in [1.165, 1.54) is 0 Å². The highest BCUT2D eigenvalue weighted by molar-refractivity contribution is 14.1. The van der Waals surface area contributed by atoms with Crippen LogP contribution < -0.4 is 10.5 Å². The molecule has 0 aromatic heterocycles. The normalized spacial score (nSPS) is 10.0. The van der Waals surface area contributed by atoms with Crippen molar-refractivity contribution >= 4 is 38.5 Å². The zero-order valence-corrected chi connectivity index (χ0v) is 10.3. The lowest BCUT2D eigenvalue weighted by molar-refractivity contribution is 0.411. The van der Waals surface area contributed by atoms with E-state index >= 15 is 0 Å². The molecule has 12 heavy (non-hydrogen) atoms. The topological polar surface area (TPSA) is 35.2 Å². The maximum absolute atomic E-state index is 5.54. The first-order valence-electron chi connectivity index (χ1n) is 3.41. The smallest absolute Gasteiger partial charge is 0.132 e. The fourth-order valence-corrected chi connectivity index (χ4v) is 2.50. The van der Waals surface area contributed by atoms with Crippen LogP contribution in [0.2, 0.25) is 0 Å². The molecule has 0 saturated heterocycles. The van der Waals surface area contributed by atoms with E-state index in [2.05, 4.69) is 38.5 Å². The van der Waals surface area contributed by atoms with E-state index in [1.54, 1.807) is 7.11 Å². The summed E-state index contributed by atoms with van der Waals surface area (Å²) < 4.78 is 7.28. The maximum atomic E-state index is 5.54. The van der Waals surface area contributed by atoms with Gasteiger partial charge in [-0.15, -0.1) is 0 Å². The molecule has 1 aromatic carbocycles. The Bertz CT molecular complexity index is 265. The molecule has 0 aliphatic rings. The molecule has 0 aliphatic heterocycles. The van der Waals surface area contributed by atoms with Crippen LogP contribution in [0.25, 0.3) is 0 Å². The van der Waals surface area contributed by atoms with Gasteiger partial charge in [0.05, 0.1) is 10.7 Å². The molecule has 1 rings (SSSR count). The van der Waals surface area contributed by atoms with Crippen molar-refractivity contribution < 1.29 is 4.74 Å². The second kappa shape index (κ2) is 4.43. The summed E-state index contributed by atoms with van der Waals surface area (Å²) in [6.45, 7) is 0.522. The molecule has 0 spiro atoms. The Hall–Kier alpha value is 0.190. The summed E-state index contributed by atoms with van der Waals surface area (Å²) in [6.07, 6.45) is 0. The average Bonchev–Trinajstić information content (AvgIpc) is 2.05. The summed E-state index contributed by atoms with van der Waals surface area (Å²) in [5, 5.41) is 0. The molecule has 0 atom stereocenters. The number of methoxy groups -OCH3 is 1. The first kappa shape index (κ1) is 10.3. The minimum atomic E-state index is 0.522. The van der Waals surface area contributed by atoms with Crippen LogP contribution in [0.3, 0.4) is 0 Å². The van der Waals surface area contributed by atoms with Crippen LogP contribution in [-0.2, 0) is 6.54 Å². The number of rotatable bonds is 2. The number of nitrogens with two attached hydrogens (primary N) is 1. The van der Waals surface area contributed by atoms with Crippen LogP contribution >= 0.6 is 38.5 Å². The van der Waals surface area contributed by atoms with Crippen molar-refractivity contribution in [1.82, 2.24) is 0 Å². The Morgan fingerprint density at radius 1 is 1.58 bits per heavy atom. The molecule has 0 fully saturated rings. The van der Waals surface area contributed by atoms with Gasteiger partial charge in [0, 0.05) is 11.0 Å². The standard InChI is InChI=1S/C8H9BrINO/c1-12-8-2-5(4-11)6(9)3-7(8)10/h2-3H,4,11H2,1H3. The van der Waals surface area contributed by atoms with Gasteiger partial charge in [-0.2, -0.15) is 0 Å². The SMILES string of the molecule is COc1cc(CN)c(Br)cc1I. The molecule has 0 aliphatic carbocycles. The van der Waals surface area contributed by atoms with Gasteiger partial charge in [-0.1, -0.05) is 15.9 Å². The van der Waals surface area contributed by atoms with E-state index < -0.39 is 0 Å². The summed E-state index contributed by atoms with van der Waals surface area (Å²) in [5.74, 6) is 0.874. The van der Waals surface area contributed by atoms with Gasteiger partial charge in [0.2, 0.25) is 0 Å². The first-order chi connectivity index (χ1) is 5.69. The van der Waals surface area contributed by atoms with Gasteiger partial charge in [0.1, 0.15) is 5.75 Å². The fourth-order valence-electron chi connectivity index (χ4n) is 0.884. The van der Waals surface area contributed by atoms with Gasteiger partial charge >= 0.3 is 0 Å². The molecule has 0 saturated carbocycles. The number of ether oxygens (including phenoxy) is 1. The van der Waals surface area contributed by atoms with E-state index in [9.17, 15) is 0 Å². The quantitative estimate of drug-likeness (QED) is 0.839. The minimum absolute atomic E-state index is 0.522. The molecular weight excluding hydrogens is 333 g/mol. The molecular formula is C8H9BrINO. The lowest BCUT2D eigenvalue weighted by Gasteiger charge is -2.07. The number of halogens is 2. The Morgan fingerprint density at radius 2 is 2.25 bits per heavy atom. The van der Waals surface area contributed by atoms with Crippen LogP contribution in [0.5, 0.6) is 5.75 Å². The van der Waals surface area contributed by atoms with E-state index in [0.717, 1.165) is 19.4 Å². The Kier molecular flexibility index (Phi) is 3.79. The molecule has 0 bridgehead atoms. The van der Waals surface area contributed by atoms with Crippen LogP contribution in [0, 0.1) is 3.57 Å². The van der Waals surface area contributed by atoms with Crippen molar-refractivity contribution in [3.8, 4) is 5.75 Å². The zero-order chi connectivity index (χ0) is 9.14. The third-order valence-electron chi connectivity index (χ3n) is 1.54. The summed E-state index contributed by atoms with van der Waals surface area (Å²) in [7, 11) is 1.66. The van der Waals surface area contributed by atoms with Crippen molar-refractivity contribution in [2.75, 3.05) is 7.11 Å². The van der Waals surface area contributed by atoms with E-state index in [0.29, 0.717) is 6.54 Å². The predicted molar refractivity (Wildman–Crippen MR) is 61.3 cm³/mol. The van der Waals surface area contributed by atoms with Gasteiger partial charge in [-0.05, 0) is 40.3 Å². The Balaban J connectivity index is 3.18. The highest BCUT2D eigenvalue weighted by Gasteiger charge is 2.04. The largest absolute Gasteiger partial charge is 0.496 e. The molecule has 2 N–H and O–H groups in total. The molecule has 1 aromatic rings. The second-order valence-corrected chi connectivity index (χ2v) is 4.30. The molecule has 0 unspecified atom stereocenters. The van der Waals surface area contributed by atoms with Crippen molar-refractivity contribution in [3.63, 3.8) is 0 Å². The molecule has 66 valence electrons. The fraction of sp³-hybridized carbons (Fsp3) is 0.250. The number of benzene rings is 1. The van der Waals surface area contributed by atoms with Gasteiger partial charge in [-0.3, -0.25) is 0 Å². The molecule has 2 nitrogen and oxygen atoms in total. The van der Waals surface area contributed by atoms with Gasteiger partial charge in [0.25, 0.3) is 0 Å². The van der Waals surface area contributed by atoms with Crippen molar-refractivity contribution in [3.05, 3.63) is 25.7 Å². The van der Waals surface area contributed by atoms with Crippen LogP contribution in [0.15, 0.2) is 16.6 Å². The van der Waals surface area contributed by atoms with E-state index in [-0.39, 0.29) is 0 Å². The number of hydrogen-bond acceptors (Lipinski definition) is 2. The van der Waals surface area contributed by atoms with Crippen LogP contribution in [-0.4, -0.2) is 7.11 Å². The second-order valence-electron chi connectivity index (χ2n) is 2.28. The average molecular weight is 342 g/mol. The monoisotopic (exact) mass is 341 g/mol. The highest BCUT2D eigenvalue weighted by Crippen LogP contribution is 2.28. The molecule has 0 radical (unpaired) electrons. The first-order valence-corrected chi connectivity index (χ1v) is 5.28. The van der Waals surface area contributed by atoms with Crippen LogP contribution in [0.1, 0.15) is 5.56 Å². The predicted octanol–water partition coefficient (Wildman–Crippen LogP) is 2.52. The zero-order valence-electron chi connectivity index (χ0n) is 6.60. The minimum Gasteiger partial charge on any atom is -0.496 e. The lowest BCUT2D eigenvalue weighted by Crippen LogP contribution is -1.99. The summed E-state index contributed by atoms with van der Waals surface area (Å²) in [5.41, 5.74) is 6.60. The van der Waals surface area contributed by atoms with Gasteiger partial charge in [-0.25, -0.2) is 0 Å². The van der Waals surface area contributed by atoms with Crippen molar-refractivity contribution in [1.29, 1.82) is 0 Å². The van der Waals surface area contributed by atoms with E-state index in [4.69, 9.17) is 10.5 Å². The molecule has 0 heterocycles. The Labute approximate surface area is 93.7 Å². The van der Waals surface area contributed by atoms with Crippen LogP contribution in [0.4, 0.5) is 0 Å². The molecule has 0 amide bonds. The summed E-state index contributed by atoms with van der Waals surface area (Å²) in [4.78, 5) is 0. The van der Waals surface area contributed by atoms with E-state index in [1.807, 2.05) is 12.1 Å². The van der Waals surface area contributed by atoms with Gasteiger partial charge in [0.15, 0.2) is 0 Å². The highest BCUT2D eigenvalue weighted by atomic mass is 127. The van der Waals surface area contributed by atoms with Crippen molar-refractivity contribution in [2.24, 2.45) is 5.73 Å². The lowest BCUT2D eigenvalue weighted by atomic mass is 10.2. The third-order valence-corrected chi connectivity index (χ3v) is 3.12. The Morgan fingerprint density at radius 3 is 2.75 bits per heavy atom. The number of hydrogen-bond donors (Lipinski definition) is 1. The summed E-state index contributed by atoms with van der Waals surface area (Å²) >= 11 is 5.65. The molecule has 4 heteroatoms. The maximum Gasteiger partial charge on any atom is 0.132 e. The van der Waals surface area contributed by atoms with Crippen molar-refractivity contribution in [2.45, 2.75) is 6.54 Å². The van der Waals surface area contributed by atoms with Gasteiger partial charge < -0.3 is 10.5 Å². The summed E-state index contributed by atoms with van der Waals surface area (Å²) in [6, 6.07) is 3.95.